The summed E-state index contributed by atoms with van der Waals surface area (Å²) in [6.45, 7) is 5.95. The predicted molar refractivity (Wildman–Crippen MR) is 40.1 cm³/mol. The fourth-order valence-electron chi connectivity index (χ4n) is 0.717. The fourth-order valence-corrected chi connectivity index (χ4v) is 0.717. The van der Waals surface area contributed by atoms with Crippen LogP contribution in [0.1, 0.15) is 27.2 Å². The van der Waals surface area contributed by atoms with Crippen molar-refractivity contribution in [2.45, 2.75) is 27.2 Å². The SMILES string of the molecule is [CH2]OC(=O)C(C)C(C)CC. The van der Waals surface area contributed by atoms with Crippen LogP contribution in [0.5, 0.6) is 0 Å². The zero-order valence-corrected chi connectivity index (χ0v) is 6.89. The molecule has 0 bridgehead atoms. The van der Waals surface area contributed by atoms with Crippen LogP contribution in [-0.2, 0) is 9.53 Å². The van der Waals surface area contributed by atoms with E-state index < -0.39 is 0 Å². The van der Waals surface area contributed by atoms with Gasteiger partial charge in [-0.3, -0.25) is 4.79 Å². The number of ether oxygens (including phenoxy) is 1. The molecule has 2 nitrogen and oxygen atoms in total. The quantitative estimate of drug-likeness (QED) is 0.565. The van der Waals surface area contributed by atoms with Gasteiger partial charge in [0.05, 0.1) is 5.92 Å². The highest BCUT2D eigenvalue weighted by Gasteiger charge is 2.18. The normalized spacial score (nSPS) is 16.0. The van der Waals surface area contributed by atoms with E-state index in [0.717, 1.165) is 6.42 Å². The molecule has 0 aliphatic heterocycles. The minimum absolute atomic E-state index is 0.0255. The molecule has 0 saturated heterocycles. The van der Waals surface area contributed by atoms with Crippen molar-refractivity contribution in [3.05, 3.63) is 7.11 Å². The summed E-state index contributed by atoms with van der Waals surface area (Å²) in [6.07, 6.45) is 0.996. The maximum absolute atomic E-state index is 10.8. The van der Waals surface area contributed by atoms with Crippen molar-refractivity contribution in [2.75, 3.05) is 0 Å². The van der Waals surface area contributed by atoms with Crippen LogP contribution in [0.15, 0.2) is 0 Å². The second kappa shape index (κ2) is 4.31. The molecule has 0 aliphatic rings. The van der Waals surface area contributed by atoms with Crippen molar-refractivity contribution in [1.29, 1.82) is 0 Å². The van der Waals surface area contributed by atoms with E-state index in [2.05, 4.69) is 18.8 Å². The summed E-state index contributed by atoms with van der Waals surface area (Å²) in [5, 5.41) is 0. The fraction of sp³-hybridized carbons (Fsp3) is 0.750. The molecule has 0 rings (SSSR count). The first-order chi connectivity index (χ1) is 4.63. The molecule has 2 atom stereocenters. The van der Waals surface area contributed by atoms with Crippen LogP contribution >= 0.6 is 0 Å². The molecule has 0 spiro atoms. The number of hydrogen-bond acceptors (Lipinski definition) is 2. The lowest BCUT2D eigenvalue weighted by molar-refractivity contribution is -0.144. The lowest BCUT2D eigenvalue weighted by Crippen LogP contribution is -2.18. The molecule has 10 heavy (non-hydrogen) atoms. The number of rotatable bonds is 3. The maximum Gasteiger partial charge on any atom is 0.309 e. The Kier molecular flexibility index (Phi) is 4.08. The van der Waals surface area contributed by atoms with Crippen molar-refractivity contribution >= 4 is 5.97 Å². The molecule has 0 N–H and O–H groups in total. The number of carbonyl (C=O) groups excluding carboxylic acids is 1. The van der Waals surface area contributed by atoms with E-state index in [-0.39, 0.29) is 11.9 Å². The van der Waals surface area contributed by atoms with Gasteiger partial charge >= 0.3 is 5.97 Å². The molecule has 0 aromatic rings. The lowest BCUT2D eigenvalue weighted by atomic mass is 9.94. The maximum atomic E-state index is 10.8. The highest BCUT2D eigenvalue weighted by molar-refractivity contribution is 5.72. The molecule has 2 heteroatoms. The molecule has 0 aromatic carbocycles. The van der Waals surface area contributed by atoms with Crippen LogP contribution in [0.4, 0.5) is 0 Å². The molecule has 2 unspecified atom stereocenters. The monoisotopic (exact) mass is 143 g/mol. The van der Waals surface area contributed by atoms with Crippen molar-refractivity contribution in [3.63, 3.8) is 0 Å². The van der Waals surface area contributed by atoms with Gasteiger partial charge in [0.15, 0.2) is 0 Å². The third-order valence-corrected chi connectivity index (χ3v) is 2.01. The highest BCUT2D eigenvalue weighted by atomic mass is 16.5. The molecule has 0 aliphatic carbocycles. The van der Waals surface area contributed by atoms with Crippen LogP contribution in [0.25, 0.3) is 0 Å². The zero-order valence-electron chi connectivity index (χ0n) is 6.89. The van der Waals surface area contributed by atoms with Crippen LogP contribution in [0.3, 0.4) is 0 Å². The minimum atomic E-state index is -0.214. The summed E-state index contributed by atoms with van der Waals surface area (Å²) >= 11 is 0. The Labute approximate surface area is 62.6 Å². The Bertz CT molecular complexity index is 110. The lowest BCUT2D eigenvalue weighted by Gasteiger charge is -2.14. The van der Waals surface area contributed by atoms with Crippen LogP contribution in [-0.4, -0.2) is 5.97 Å². The average molecular weight is 143 g/mol. The van der Waals surface area contributed by atoms with Gasteiger partial charge in [-0.05, 0) is 5.92 Å². The molecule has 1 radical (unpaired) electrons. The van der Waals surface area contributed by atoms with Crippen molar-refractivity contribution in [3.8, 4) is 0 Å². The van der Waals surface area contributed by atoms with Crippen molar-refractivity contribution in [1.82, 2.24) is 0 Å². The summed E-state index contributed by atoms with van der Waals surface area (Å²) in [4.78, 5) is 10.8. The first-order valence-electron chi connectivity index (χ1n) is 3.59. The van der Waals surface area contributed by atoms with Gasteiger partial charge in [-0.25, -0.2) is 0 Å². The van der Waals surface area contributed by atoms with E-state index in [1.807, 2.05) is 13.8 Å². The Balaban J connectivity index is 3.81. The summed E-state index contributed by atoms with van der Waals surface area (Å²) in [5.41, 5.74) is 0. The molecular formula is C8H15O2. The van der Waals surface area contributed by atoms with E-state index in [0.29, 0.717) is 5.92 Å². The topological polar surface area (TPSA) is 26.3 Å². The summed E-state index contributed by atoms with van der Waals surface area (Å²) < 4.78 is 4.35. The predicted octanol–water partition coefficient (Wildman–Crippen LogP) is 2.00. The van der Waals surface area contributed by atoms with Crippen LogP contribution < -0.4 is 0 Å². The third-order valence-electron chi connectivity index (χ3n) is 2.01. The van der Waals surface area contributed by atoms with Crippen molar-refractivity contribution in [2.24, 2.45) is 11.8 Å². The molecule has 0 amide bonds. The summed E-state index contributed by atoms with van der Waals surface area (Å²) in [7, 11) is 3.07. The molecular weight excluding hydrogens is 128 g/mol. The van der Waals surface area contributed by atoms with Gasteiger partial charge < -0.3 is 4.74 Å². The molecule has 0 saturated carbocycles. The first-order valence-corrected chi connectivity index (χ1v) is 3.59. The smallest absolute Gasteiger partial charge is 0.309 e. The molecule has 0 fully saturated rings. The van der Waals surface area contributed by atoms with E-state index in [1.54, 1.807) is 0 Å². The molecule has 0 heterocycles. The van der Waals surface area contributed by atoms with Crippen molar-refractivity contribution < 1.29 is 9.53 Å². The van der Waals surface area contributed by atoms with Gasteiger partial charge in [-0.1, -0.05) is 27.2 Å². The van der Waals surface area contributed by atoms with Gasteiger partial charge in [0, 0.05) is 0 Å². The number of esters is 1. The third kappa shape index (κ3) is 2.38. The van der Waals surface area contributed by atoms with E-state index in [4.69, 9.17) is 0 Å². The minimum Gasteiger partial charge on any atom is -0.462 e. The molecule has 0 aromatic heterocycles. The van der Waals surface area contributed by atoms with E-state index in [9.17, 15) is 4.79 Å². The van der Waals surface area contributed by atoms with E-state index >= 15 is 0 Å². The second-order valence-electron chi connectivity index (χ2n) is 2.64. The Morgan fingerprint density at radius 2 is 2.10 bits per heavy atom. The summed E-state index contributed by atoms with van der Waals surface area (Å²) in [6, 6.07) is 0. The second-order valence-corrected chi connectivity index (χ2v) is 2.64. The standard InChI is InChI=1S/C8H15O2/c1-5-6(2)7(3)8(9)10-4/h6-7H,4-5H2,1-3H3. The largest absolute Gasteiger partial charge is 0.462 e. The highest BCUT2D eigenvalue weighted by Crippen LogP contribution is 2.15. The van der Waals surface area contributed by atoms with Gasteiger partial charge in [-0.15, -0.1) is 0 Å². The Hall–Kier alpha value is -0.530. The van der Waals surface area contributed by atoms with Crippen LogP contribution in [0.2, 0.25) is 0 Å². The Morgan fingerprint density at radius 1 is 1.60 bits per heavy atom. The zero-order chi connectivity index (χ0) is 8.15. The molecule has 59 valence electrons. The van der Waals surface area contributed by atoms with Gasteiger partial charge in [0.1, 0.15) is 7.11 Å². The van der Waals surface area contributed by atoms with E-state index in [1.165, 1.54) is 0 Å². The van der Waals surface area contributed by atoms with Crippen LogP contribution in [0, 0.1) is 18.9 Å². The summed E-state index contributed by atoms with van der Waals surface area (Å²) in [5.74, 6) is 0.145. The number of carbonyl (C=O) groups is 1. The average Bonchev–Trinajstić information content (AvgIpc) is 2.00. The van der Waals surface area contributed by atoms with Gasteiger partial charge in [0.25, 0.3) is 0 Å². The van der Waals surface area contributed by atoms with Gasteiger partial charge in [-0.2, -0.15) is 0 Å². The first kappa shape index (κ1) is 9.47. The Morgan fingerprint density at radius 3 is 2.40 bits per heavy atom. The van der Waals surface area contributed by atoms with Gasteiger partial charge in [0.2, 0.25) is 0 Å². The number of hydrogen-bond donors (Lipinski definition) is 0.